The van der Waals surface area contributed by atoms with Crippen LogP contribution in [0.5, 0.6) is 0 Å². The Morgan fingerprint density at radius 2 is 1.79 bits per heavy atom. The smallest absolute Gasteiger partial charge is 0.0222 e. The molecule has 2 nitrogen and oxygen atoms in total. The number of halogens is 1. The van der Waals surface area contributed by atoms with Crippen LogP contribution in [0.25, 0.3) is 0 Å². The Bertz CT molecular complexity index is 380. The third-order valence-corrected chi connectivity index (χ3v) is 4.14. The fourth-order valence-corrected chi connectivity index (χ4v) is 2.97. The van der Waals surface area contributed by atoms with E-state index in [0.29, 0.717) is 12.1 Å². The lowest BCUT2D eigenvalue weighted by Crippen LogP contribution is -2.41. The minimum Gasteiger partial charge on any atom is -0.311 e. The molecule has 3 heteroatoms. The van der Waals surface area contributed by atoms with E-state index in [-0.39, 0.29) is 0 Å². The average Bonchev–Trinajstić information content (AvgIpc) is 2.30. The van der Waals surface area contributed by atoms with Gasteiger partial charge in [-0.2, -0.15) is 0 Å². The fraction of sp³-hybridized carbons (Fsp3) is 0.625. The molecule has 1 aromatic rings. The minimum atomic E-state index is 0.605. The molecule has 0 amide bonds. The van der Waals surface area contributed by atoms with Gasteiger partial charge in [0.05, 0.1) is 0 Å². The van der Waals surface area contributed by atoms with Gasteiger partial charge >= 0.3 is 0 Å². The van der Waals surface area contributed by atoms with Crippen LogP contribution >= 0.6 is 15.9 Å². The summed E-state index contributed by atoms with van der Waals surface area (Å²) < 4.78 is 1.20. The van der Waals surface area contributed by atoms with Gasteiger partial charge in [-0.15, -0.1) is 0 Å². The van der Waals surface area contributed by atoms with E-state index in [0.717, 1.165) is 19.6 Å². The van der Waals surface area contributed by atoms with Crippen molar-refractivity contribution in [3.05, 3.63) is 33.8 Å². The molecule has 1 N–H and O–H groups in total. The number of nitrogens with zero attached hydrogens (tertiary/aromatic N) is 1. The van der Waals surface area contributed by atoms with Crippen LogP contribution in [-0.4, -0.2) is 30.1 Å². The van der Waals surface area contributed by atoms with Gasteiger partial charge in [0.2, 0.25) is 0 Å². The molecular weight excluding hydrogens is 300 g/mol. The number of rotatable bonds is 7. The Hall–Kier alpha value is -0.380. The van der Waals surface area contributed by atoms with Crippen LogP contribution in [0, 0.1) is 6.92 Å². The van der Waals surface area contributed by atoms with E-state index in [1.165, 1.54) is 15.6 Å². The first kappa shape index (κ1) is 16.7. The molecule has 0 aliphatic heterocycles. The topological polar surface area (TPSA) is 15.3 Å². The Morgan fingerprint density at radius 3 is 2.32 bits per heavy atom. The fourth-order valence-electron chi connectivity index (χ4n) is 2.34. The standard InChI is InChI=1S/C16H27BrN2/c1-12(2)19(13(3)4)9-8-18-11-15-7-6-14(5)10-16(15)17/h6-7,10,12-13,18H,8-9,11H2,1-5H3. The quantitative estimate of drug-likeness (QED) is 0.763. The second kappa shape index (κ2) is 8.03. The summed E-state index contributed by atoms with van der Waals surface area (Å²) in [6, 6.07) is 7.73. The molecule has 1 aromatic carbocycles. The number of benzene rings is 1. The van der Waals surface area contributed by atoms with Gasteiger partial charge in [0.25, 0.3) is 0 Å². The molecule has 0 aromatic heterocycles. The van der Waals surface area contributed by atoms with Crippen LogP contribution in [0.1, 0.15) is 38.8 Å². The molecule has 0 aliphatic rings. The number of hydrogen-bond acceptors (Lipinski definition) is 2. The first-order valence-corrected chi connectivity index (χ1v) is 7.92. The van der Waals surface area contributed by atoms with E-state index < -0.39 is 0 Å². The maximum atomic E-state index is 3.62. The van der Waals surface area contributed by atoms with Crippen molar-refractivity contribution in [3.8, 4) is 0 Å². The third kappa shape index (κ3) is 5.64. The van der Waals surface area contributed by atoms with Gasteiger partial charge in [-0.25, -0.2) is 0 Å². The zero-order chi connectivity index (χ0) is 14.4. The summed E-state index contributed by atoms with van der Waals surface area (Å²) in [6.45, 7) is 14.2. The number of hydrogen-bond donors (Lipinski definition) is 1. The van der Waals surface area contributed by atoms with Gasteiger partial charge < -0.3 is 5.32 Å². The minimum absolute atomic E-state index is 0.605. The molecule has 0 unspecified atom stereocenters. The Kier molecular flexibility index (Phi) is 7.05. The summed E-state index contributed by atoms with van der Waals surface area (Å²) in [5.74, 6) is 0. The van der Waals surface area contributed by atoms with Crippen molar-refractivity contribution in [2.45, 2.75) is 53.2 Å². The molecule has 0 saturated heterocycles. The largest absolute Gasteiger partial charge is 0.311 e. The molecular formula is C16H27BrN2. The van der Waals surface area contributed by atoms with E-state index in [2.05, 4.69) is 79.0 Å². The monoisotopic (exact) mass is 326 g/mol. The van der Waals surface area contributed by atoms with Gasteiger partial charge in [-0.3, -0.25) is 4.90 Å². The van der Waals surface area contributed by atoms with Crippen molar-refractivity contribution < 1.29 is 0 Å². The van der Waals surface area contributed by atoms with Gasteiger partial charge in [-0.1, -0.05) is 28.1 Å². The van der Waals surface area contributed by atoms with E-state index in [9.17, 15) is 0 Å². The highest BCUT2D eigenvalue weighted by Gasteiger charge is 2.12. The van der Waals surface area contributed by atoms with E-state index in [4.69, 9.17) is 0 Å². The summed E-state index contributed by atoms with van der Waals surface area (Å²) in [4.78, 5) is 2.51. The van der Waals surface area contributed by atoms with Crippen molar-refractivity contribution in [2.24, 2.45) is 0 Å². The zero-order valence-electron chi connectivity index (χ0n) is 12.8. The molecule has 1 rings (SSSR count). The molecule has 0 fully saturated rings. The summed E-state index contributed by atoms with van der Waals surface area (Å²) in [7, 11) is 0. The first-order chi connectivity index (χ1) is 8.91. The van der Waals surface area contributed by atoms with Crippen LogP contribution in [0.2, 0.25) is 0 Å². The number of nitrogens with one attached hydrogen (secondary N) is 1. The SMILES string of the molecule is Cc1ccc(CNCCN(C(C)C)C(C)C)c(Br)c1. The Balaban J connectivity index is 2.38. The van der Waals surface area contributed by atoms with Crippen molar-refractivity contribution in [2.75, 3.05) is 13.1 Å². The van der Waals surface area contributed by atoms with Crippen LogP contribution in [0.15, 0.2) is 22.7 Å². The first-order valence-electron chi connectivity index (χ1n) is 7.13. The van der Waals surface area contributed by atoms with Crippen molar-refractivity contribution in [1.29, 1.82) is 0 Å². The molecule has 0 spiro atoms. The highest BCUT2D eigenvalue weighted by atomic mass is 79.9. The molecule has 0 saturated carbocycles. The van der Waals surface area contributed by atoms with E-state index in [1.54, 1.807) is 0 Å². The lowest BCUT2D eigenvalue weighted by molar-refractivity contribution is 0.176. The lowest BCUT2D eigenvalue weighted by Gasteiger charge is -2.30. The van der Waals surface area contributed by atoms with E-state index in [1.807, 2.05) is 0 Å². The van der Waals surface area contributed by atoms with Crippen molar-refractivity contribution >= 4 is 15.9 Å². The highest BCUT2D eigenvalue weighted by Crippen LogP contribution is 2.17. The third-order valence-electron chi connectivity index (χ3n) is 3.40. The summed E-state index contributed by atoms with van der Waals surface area (Å²) in [6.07, 6.45) is 0. The Morgan fingerprint density at radius 1 is 1.16 bits per heavy atom. The number of aryl methyl sites for hydroxylation is 1. The van der Waals surface area contributed by atoms with Crippen LogP contribution in [-0.2, 0) is 6.54 Å². The highest BCUT2D eigenvalue weighted by molar-refractivity contribution is 9.10. The Labute approximate surface area is 126 Å². The normalized spacial score (nSPS) is 11.8. The maximum absolute atomic E-state index is 3.62. The molecule has 0 atom stereocenters. The van der Waals surface area contributed by atoms with Gasteiger partial charge in [0.1, 0.15) is 0 Å². The second-order valence-electron chi connectivity index (χ2n) is 5.70. The van der Waals surface area contributed by atoms with E-state index >= 15 is 0 Å². The predicted octanol–water partition coefficient (Wildman–Crippen LogP) is 3.97. The summed E-state index contributed by atoms with van der Waals surface area (Å²) in [5, 5.41) is 3.53. The van der Waals surface area contributed by atoms with Gasteiger partial charge in [0, 0.05) is 36.2 Å². The summed E-state index contributed by atoms with van der Waals surface area (Å²) in [5.41, 5.74) is 2.62. The van der Waals surface area contributed by atoms with Gasteiger partial charge in [0.15, 0.2) is 0 Å². The average molecular weight is 327 g/mol. The molecule has 0 aliphatic carbocycles. The molecule has 0 radical (unpaired) electrons. The van der Waals surface area contributed by atoms with Crippen LogP contribution < -0.4 is 5.32 Å². The predicted molar refractivity (Wildman–Crippen MR) is 87.6 cm³/mol. The van der Waals surface area contributed by atoms with Crippen molar-refractivity contribution in [3.63, 3.8) is 0 Å². The molecule has 0 heterocycles. The van der Waals surface area contributed by atoms with Crippen molar-refractivity contribution in [1.82, 2.24) is 10.2 Å². The van der Waals surface area contributed by atoms with Crippen LogP contribution in [0.3, 0.4) is 0 Å². The molecule has 19 heavy (non-hydrogen) atoms. The second-order valence-corrected chi connectivity index (χ2v) is 6.55. The lowest BCUT2D eigenvalue weighted by atomic mass is 10.1. The van der Waals surface area contributed by atoms with Gasteiger partial charge in [-0.05, 0) is 51.8 Å². The summed E-state index contributed by atoms with van der Waals surface area (Å²) >= 11 is 3.62. The maximum Gasteiger partial charge on any atom is 0.0222 e. The molecule has 108 valence electrons. The molecule has 0 bridgehead atoms. The zero-order valence-corrected chi connectivity index (χ0v) is 14.4. The van der Waals surface area contributed by atoms with Crippen LogP contribution in [0.4, 0.5) is 0 Å².